The van der Waals surface area contributed by atoms with E-state index in [1.54, 1.807) is 11.8 Å². The maximum atomic E-state index is 11.0. The van der Waals surface area contributed by atoms with Gasteiger partial charge in [0.2, 0.25) is 0 Å². The third kappa shape index (κ3) is 10.5. The fraction of sp³-hybridized carbons (Fsp3) is 0.533. The average molecular weight is 594 g/mol. The van der Waals surface area contributed by atoms with Gasteiger partial charge in [0.25, 0.3) is 0 Å². The summed E-state index contributed by atoms with van der Waals surface area (Å²) in [6, 6.07) is 20.3. The maximum Gasteiger partial charge on any atom is 0.163 e. The zero-order chi connectivity index (χ0) is 26.9. The lowest BCUT2D eigenvalue weighted by Gasteiger charge is -2.29. The van der Waals surface area contributed by atoms with E-state index < -0.39 is 11.9 Å². The molecule has 1 aliphatic rings. The molecule has 0 radical (unpaired) electrons. The zero-order valence-corrected chi connectivity index (χ0v) is 25.0. The molecule has 0 unspecified atom stereocenters. The second-order valence-corrected chi connectivity index (χ2v) is 12.8. The van der Waals surface area contributed by atoms with Crippen LogP contribution >= 0.6 is 27.7 Å². The molecule has 7 heteroatoms. The topological polar surface area (TPSA) is 57.2 Å². The van der Waals surface area contributed by atoms with Gasteiger partial charge < -0.3 is 24.1 Å². The van der Waals surface area contributed by atoms with E-state index in [0.29, 0.717) is 19.4 Å². The SMILES string of the molecule is C[C@H]1OC(C)(C)O[C@@H]1C[C@H](C/C(Br)=C/[C@@H](O)C(C)(C)CSc1ccccc1)OCOCc1ccccc1. The van der Waals surface area contributed by atoms with Crippen LogP contribution in [0, 0.1) is 5.41 Å². The Morgan fingerprint density at radius 3 is 2.38 bits per heavy atom. The predicted molar refractivity (Wildman–Crippen MR) is 154 cm³/mol. The maximum absolute atomic E-state index is 11.0. The molecule has 1 heterocycles. The Labute approximate surface area is 235 Å². The molecule has 3 rings (SSSR count). The minimum atomic E-state index is -0.614. The number of hydrogen-bond acceptors (Lipinski definition) is 6. The smallest absolute Gasteiger partial charge is 0.163 e. The van der Waals surface area contributed by atoms with Crippen molar-refractivity contribution >= 4 is 27.7 Å². The van der Waals surface area contributed by atoms with Crippen molar-refractivity contribution in [3.05, 3.63) is 76.8 Å². The second kappa shape index (κ2) is 14.3. The standard InChI is InChI=1S/C30H41BrO5S/c1-22-27(36-30(4,5)35-22)18-25(34-21-33-19-23-12-8-6-9-13-23)16-24(31)17-28(32)29(2,3)20-37-26-14-10-7-11-15-26/h6-15,17,22,25,27-28,32H,16,18-21H2,1-5H3/b24-17-/t22-,25+,27-,28-/m1/s1. The van der Waals surface area contributed by atoms with E-state index in [2.05, 4.69) is 41.9 Å². The van der Waals surface area contributed by atoms with Crippen LogP contribution in [0.2, 0.25) is 0 Å². The van der Waals surface area contributed by atoms with E-state index in [9.17, 15) is 5.11 Å². The molecule has 0 saturated carbocycles. The highest BCUT2D eigenvalue weighted by Gasteiger charge is 2.40. The number of halogens is 1. The first-order valence-corrected chi connectivity index (χ1v) is 14.6. The number of rotatable bonds is 14. The van der Waals surface area contributed by atoms with Gasteiger partial charge in [-0.15, -0.1) is 11.8 Å². The molecule has 2 aromatic rings. The van der Waals surface area contributed by atoms with Crippen LogP contribution < -0.4 is 0 Å². The number of aliphatic hydroxyl groups is 1. The van der Waals surface area contributed by atoms with Gasteiger partial charge in [-0.1, -0.05) is 78.3 Å². The molecular formula is C30H41BrO5S. The quantitative estimate of drug-likeness (QED) is 0.141. The molecule has 0 aliphatic carbocycles. The zero-order valence-electron chi connectivity index (χ0n) is 22.6. The molecule has 37 heavy (non-hydrogen) atoms. The van der Waals surface area contributed by atoms with Crippen LogP contribution in [-0.2, 0) is 25.6 Å². The van der Waals surface area contributed by atoms with Crippen LogP contribution in [0.1, 0.15) is 53.0 Å². The summed E-state index contributed by atoms with van der Waals surface area (Å²) in [5, 5.41) is 11.0. The molecule has 5 nitrogen and oxygen atoms in total. The molecule has 0 aromatic heterocycles. The Morgan fingerprint density at radius 2 is 1.76 bits per heavy atom. The van der Waals surface area contributed by atoms with Crippen LogP contribution in [0.4, 0.5) is 0 Å². The summed E-state index contributed by atoms with van der Waals surface area (Å²) in [6.45, 7) is 10.7. The molecule has 0 spiro atoms. The number of hydrogen-bond donors (Lipinski definition) is 1. The van der Waals surface area contributed by atoms with E-state index in [0.717, 1.165) is 15.8 Å². The van der Waals surface area contributed by atoms with Crippen molar-refractivity contribution in [1.82, 2.24) is 0 Å². The summed E-state index contributed by atoms with van der Waals surface area (Å²) in [5.74, 6) is 0.185. The van der Waals surface area contributed by atoms with Crippen LogP contribution in [0.25, 0.3) is 0 Å². The third-order valence-corrected chi connectivity index (χ3v) is 8.42. The first-order chi connectivity index (χ1) is 17.5. The van der Waals surface area contributed by atoms with Gasteiger partial charge >= 0.3 is 0 Å². The van der Waals surface area contributed by atoms with Crippen LogP contribution in [-0.4, -0.2) is 47.9 Å². The molecule has 1 fully saturated rings. The summed E-state index contributed by atoms with van der Waals surface area (Å²) >= 11 is 5.46. The average Bonchev–Trinajstić information content (AvgIpc) is 3.12. The van der Waals surface area contributed by atoms with Crippen molar-refractivity contribution in [1.29, 1.82) is 0 Å². The normalized spacial score (nSPS) is 21.6. The van der Waals surface area contributed by atoms with Crippen LogP contribution in [0.15, 0.2) is 76.1 Å². The fourth-order valence-corrected chi connectivity index (χ4v) is 5.82. The highest BCUT2D eigenvalue weighted by molar-refractivity contribution is 9.11. The first-order valence-electron chi connectivity index (χ1n) is 12.8. The predicted octanol–water partition coefficient (Wildman–Crippen LogP) is 7.32. The van der Waals surface area contributed by atoms with Crippen LogP contribution in [0.5, 0.6) is 0 Å². The summed E-state index contributed by atoms with van der Waals surface area (Å²) in [6.07, 6.45) is 2.25. The van der Waals surface area contributed by atoms with E-state index in [1.165, 1.54) is 4.90 Å². The number of thioether (sulfide) groups is 1. The summed E-state index contributed by atoms with van der Waals surface area (Å²) in [7, 11) is 0. The van der Waals surface area contributed by atoms with Crippen molar-refractivity contribution in [2.45, 2.75) is 89.2 Å². The van der Waals surface area contributed by atoms with Crippen molar-refractivity contribution in [2.75, 3.05) is 12.5 Å². The van der Waals surface area contributed by atoms with Crippen molar-refractivity contribution in [2.24, 2.45) is 5.41 Å². The molecule has 1 N–H and O–H groups in total. The molecule has 1 saturated heterocycles. The minimum absolute atomic E-state index is 0.0337. The van der Waals surface area contributed by atoms with Crippen molar-refractivity contribution < 1.29 is 24.1 Å². The van der Waals surface area contributed by atoms with Gasteiger partial charge in [0.15, 0.2) is 5.79 Å². The van der Waals surface area contributed by atoms with E-state index >= 15 is 0 Å². The first kappa shape index (κ1) is 30.4. The van der Waals surface area contributed by atoms with Gasteiger partial charge in [-0.05, 0) is 49.0 Å². The molecule has 0 amide bonds. The Hall–Kier alpha value is -1.19. The molecule has 0 bridgehead atoms. The van der Waals surface area contributed by atoms with Crippen LogP contribution in [0.3, 0.4) is 0 Å². The lowest BCUT2D eigenvalue weighted by Crippen LogP contribution is -2.31. The van der Waals surface area contributed by atoms with Gasteiger partial charge in [-0.2, -0.15) is 0 Å². The van der Waals surface area contributed by atoms with Gasteiger partial charge in [0, 0.05) is 28.9 Å². The third-order valence-electron chi connectivity index (χ3n) is 6.34. The van der Waals surface area contributed by atoms with E-state index in [-0.39, 0.29) is 30.5 Å². The van der Waals surface area contributed by atoms with E-state index in [1.807, 2.05) is 75.4 Å². The van der Waals surface area contributed by atoms with Crippen molar-refractivity contribution in [3.63, 3.8) is 0 Å². The van der Waals surface area contributed by atoms with E-state index in [4.69, 9.17) is 18.9 Å². The number of aliphatic hydroxyl groups excluding tert-OH is 1. The molecule has 1 aliphatic heterocycles. The molecule has 2 aromatic carbocycles. The fourth-order valence-electron chi connectivity index (χ4n) is 4.15. The highest BCUT2D eigenvalue weighted by atomic mass is 79.9. The molecule has 4 atom stereocenters. The molecule has 204 valence electrons. The number of ether oxygens (including phenoxy) is 4. The molecular weight excluding hydrogens is 552 g/mol. The Balaban J connectivity index is 1.58. The van der Waals surface area contributed by atoms with Gasteiger partial charge in [-0.3, -0.25) is 0 Å². The minimum Gasteiger partial charge on any atom is -0.388 e. The summed E-state index contributed by atoms with van der Waals surface area (Å²) in [4.78, 5) is 1.20. The second-order valence-electron chi connectivity index (χ2n) is 10.7. The lowest BCUT2D eigenvalue weighted by molar-refractivity contribution is -0.151. The summed E-state index contributed by atoms with van der Waals surface area (Å²) in [5.41, 5.74) is 0.792. The Morgan fingerprint density at radius 1 is 1.11 bits per heavy atom. The van der Waals surface area contributed by atoms with Gasteiger partial charge in [0.1, 0.15) is 6.79 Å². The monoisotopic (exact) mass is 592 g/mol. The highest BCUT2D eigenvalue weighted by Crippen LogP contribution is 2.34. The summed E-state index contributed by atoms with van der Waals surface area (Å²) < 4.78 is 24.9. The van der Waals surface area contributed by atoms with Gasteiger partial charge in [0.05, 0.1) is 31.0 Å². The Bertz CT molecular complexity index is 966. The lowest BCUT2D eigenvalue weighted by atomic mass is 9.88. The van der Waals surface area contributed by atoms with Gasteiger partial charge in [-0.25, -0.2) is 0 Å². The Kier molecular flexibility index (Phi) is 11.7. The number of benzene rings is 2. The largest absolute Gasteiger partial charge is 0.388 e. The van der Waals surface area contributed by atoms with Crippen molar-refractivity contribution in [3.8, 4) is 0 Å².